The van der Waals surface area contributed by atoms with Crippen molar-refractivity contribution in [3.05, 3.63) is 63.4 Å². The standard InChI is InChI=1S/C25H26N4O2/c30-24-23(27-21-9-8-15(12-22(21)28-24)16-10-11-26-13-16)18-6-3-7-19-20(18)14-29(25(19)31)17-4-1-2-5-17/h3,6-9,12,16-17,26H,1-2,4-5,10-11,13-14H2,(H,28,30). The van der Waals surface area contributed by atoms with Crippen LogP contribution in [0, 0.1) is 0 Å². The summed E-state index contributed by atoms with van der Waals surface area (Å²) in [7, 11) is 0. The molecule has 6 rings (SSSR count). The Morgan fingerprint density at radius 3 is 2.65 bits per heavy atom. The number of nitrogens with one attached hydrogen (secondary N) is 2. The number of aromatic nitrogens is 2. The van der Waals surface area contributed by atoms with Crippen molar-refractivity contribution in [2.45, 2.75) is 50.6 Å². The van der Waals surface area contributed by atoms with E-state index in [-0.39, 0.29) is 11.5 Å². The lowest BCUT2D eigenvalue weighted by atomic mass is 9.97. The van der Waals surface area contributed by atoms with Gasteiger partial charge in [-0.25, -0.2) is 4.98 Å². The van der Waals surface area contributed by atoms with E-state index < -0.39 is 0 Å². The number of rotatable bonds is 3. The maximum atomic E-state index is 13.1. The van der Waals surface area contributed by atoms with Gasteiger partial charge >= 0.3 is 0 Å². The highest BCUT2D eigenvalue weighted by molar-refractivity contribution is 6.00. The van der Waals surface area contributed by atoms with Gasteiger partial charge < -0.3 is 15.2 Å². The number of amides is 1. The van der Waals surface area contributed by atoms with E-state index in [1.165, 1.54) is 18.4 Å². The molecule has 2 N–H and O–H groups in total. The van der Waals surface area contributed by atoms with Crippen molar-refractivity contribution < 1.29 is 4.79 Å². The fourth-order valence-corrected chi connectivity index (χ4v) is 5.57. The number of hydrogen-bond acceptors (Lipinski definition) is 4. The van der Waals surface area contributed by atoms with Crippen LogP contribution in [0.1, 0.15) is 59.5 Å². The van der Waals surface area contributed by atoms with Crippen LogP contribution < -0.4 is 10.9 Å². The smallest absolute Gasteiger partial charge is 0.274 e. The zero-order chi connectivity index (χ0) is 20.9. The third-order valence-corrected chi connectivity index (χ3v) is 7.26. The molecule has 3 aliphatic rings. The Morgan fingerprint density at radius 1 is 1.00 bits per heavy atom. The minimum absolute atomic E-state index is 0.0933. The van der Waals surface area contributed by atoms with Crippen LogP contribution in [0.5, 0.6) is 0 Å². The fraction of sp³-hybridized carbons (Fsp3) is 0.400. The van der Waals surface area contributed by atoms with Gasteiger partial charge in [0.1, 0.15) is 5.69 Å². The van der Waals surface area contributed by atoms with Gasteiger partial charge in [-0.3, -0.25) is 9.59 Å². The van der Waals surface area contributed by atoms with Crippen LogP contribution in [-0.4, -0.2) is 39.9 Å². The molecule has 1 saturated heterocycles. The lowest BCUT2D eigenvalue weighted by Gasteiger charge is -2.23. The topological polar surface area (TPSA) is 78.1 Å². The predicted octanol–water partition coefficient (Wildman–Crippen LogP) is 3.57. The SMILES string of the molecule is O=C1c2cccc(-c3nc4ccc(C5CCNC5)cc4[nH]c3=O)c2CN1C1CCCC1. The molecule has 6 nitrogen and oxygen atoms in total. The second-order valence-electron chi connectivity index (χ2n) is 9.08. The fourth-order valence-electron chi connectivity index (χ4n) is 5.57. The number of nitrogens with zero attached hydrogens (tertiary/aromatic N) is 2. The van der Waals surface area contributed by atoms with Gasteiger partial charge in [-0.05, 0) is 61.1 Å². The first-order chi connectivity index (χ1) is 15.2. The normalized spacial score (nSPS) is 21.4. The van der Waals surface area contributed by atoms with Gasteiger partial charge in [0.15, 0.2) is 0 Å². The van der Waals surface area contributed by atoms with Crippen LogP contribution in [0.3, 0.4) is 0 Å². The van der Waals surface area contributed by atoms with Crippen molar-refractivity contribution in [3.63, 3.8) is 0 Å². The first-order valence-electron chi connectivity index (χ1n) is 11.4. The summed E-state index contributed by atoms with van der Waals surface area (Å²) in [6, 6.07) is 12.2. The molecule has 0 bridgehead atoms. The molecular weight excluding hydrogens is 388 g/mol. The minimum atomic E-state index is -0.200. The molecule has 2 aliphatic heterocycles. The van der Waals surface area contributed by atoms with E-state index in [1.807, 2.05) is 29.2 Å². The van der Waals surface area contributed by atoms with Gasteiger partial charge in [0.2, 0.25) is 0 Å². The Morgan fingerprint density at radius 2 is 1.84 bits per heavy atom. The highest BCUT2D eigenvalue weighted by Crippen LogP contribution is 2.36. The quantitative estimate of drug-likeness (QED) is 0.687. The Hall–Kier alpha value is -2.99. The van der Waals surface area contributed by atoms with Gasteiger partial charge in [-0.15, -0.1) is 0 Å². The van der Waals surface area contributed by atoms with Crippen LogP contribution in [-0.2, 0) is 6.54 Å². The molecule has 1 saturated carbocycles. The lowest BCUT2D eigenvalue weighted by Crippen LogP contribution is -2.33. The van der Waals surface area contributed by atoms with E-state index in [9.17, 15) is 9.59 Å². The van der Waals surface area contributed by atoms with Crippen LogP contribution in [0.25, 0.3) is 22.3 Å². The van der Waals surface area contributed by atoms with Gasteiger partial charge in [0.25, 0.3) is 11.5 Å². The summed E-state index contributed by atoms with van der Waals surface area (Å²) >= 11 is 0. The Labute approximate surface area is 180 Å². The summed E-state index contributed by atoms with van der Waals surface area (Å²) in [5.74, 6) is 0.577. The van der Waals surface area contributed by atoms with Crippen LogP contribution in [0.4, 0.5) is 0 Å². The highest BCUT2D eigenvalue weighted by atomic mass is 16.2. The van der Waals surface area contributed by atoms with Crippen molar-refractivity contribution >= 4 is 16.9 Å². The molecule has 2 fully saturated rings. The number of aromatic amines is 1. The molecule has 1 amide bonds. The van der Waals surface area contributed by atoms with Crippen LogP contribution in [0.15, 0.2) is 41.2 Å². The third-order valence-electron chi connectivity index (χ3n) is 7.26. The number of carbonyl (C=O) groups is 1. The van der Waals surface area contributed by atoms with Crippen LogP contribution in [0.2, 0.25) is 0 Å². The summed E-state index contributed by atoms with van der Waals surface area (Å²) in [4.78, 5) is 35.9. The van der Waals surface area contributed by atoms with E-state index in [4.69, 9.17) is 4.98 Å². The van der Waals surface area contributed by atoms with Crippen LogP contribution >= 0.6 is 0 Å². The van der Waals surface area contributed by atoms with Gasteiger partial charge in [-0.2, -0.15) is 0 Å². The molecule has 1 aromatic heterocycles. The summed E-state index contributed by atoms with van der Waals surface area (Å²) in [6.07, 6.45) is 5.62. The van der Waals surface area contributed by atoms with E-state index in [0.717, 1.165) is 60.1 Å². The average Bonchev–Trinajstić information content (AvgIpc) is 3.55. The molecule has 158 valence electrons. The summed E-state index contributed by atoms with van der Waals surface area (Å²) < 4.78 is 0. The number of fused-ring (bicyclic) bond motifs is 2. The second kappa shape index (κ2) is 7.31. The number of carbonyl (C=O) groups excluding carboxylic acids is 1. The predicted molar refractivity (Wildman–Crippen MR) is 120 cm³/mol. The first-order valence-corrected chi connectivity index (χ1v) is 11.4. The maximum absolute atomic E-state index is 13.1. The third kappa shape index (κ3) is 3.08. The monoisotopic (exact) mass is 414 g/mol. The molecule has 1 atom stereocenters. The molecule has 3 heterocycles. The highest BCUT2D eigenvalue weighted by Gasteiger charge is 2.35. The van der Waals surface area contributed by atoms with Gasteiger partial charge in [0.05, 0.1) is 11.0 Å². The van der Waals surface area contributed by atoms with E-state index in [1.54, 1.807) is 0 Å². The average molecular weight is 415 g/mol. The molecule has 3 aromatic rings. The molecule has 1 unspecified atom stereocenters. The minimum Gasteiger partial charge on any atom is -0.331 e. The van der Waals surface area contributed by atoms with E-state index >= 15 is 0 Å². The summed E-state index contributed by atoms with van der Waals surface area (Å²) in [6.45, 7) is 2.58. The van der Waals surface area contributed by atoms with Crippen molar-refractivity contribution in [3.8, 4) is 11.3 Å². The largest absolute Gasteiger partial charge is 0.331 e. The summed E-state index contributed by atoms with van der Waals surface area (Å²) in [5.41, 5.74) is 5.42. The zero-order valence-electron chi connectivity index (χ0n) is 17.5. The first kappa shape index (κ1) is 18.8. The van der Waals surface area contributed by atoms with E-state index in [0.29, 0.717) is 24.2 Å². The molecule has 1 aliphatic carbocycles. The Balaban J connectivity index is 1.41. The van der Waals surface area contributed by atoms with Crippen molar-refractivity contribution in [1.82, 2.24) is 20.2 Å². The van der Waals surface area contributed by atoms with Crippen molar-refractivity contribution in [2.24, 2.45) is 0 Å². The molecule has 6 heteroatoms. The summed E-state index contributed by atoms with van der Waals surface area (Å²) in [5, 5.41) is 3.39. The molecule has 0 spiro atoms. The Kier molecular flexibility index (Phi) is 4.42. The molecular formula is C25H26N4O2. The number of hydrogen-bond donors (Lipinski definition) is 2. The van der Waals surface area contributed by atoms with E-state index in [2.05, 4.69) is 22.4 Å². The van der Waals surface area contributed by atoms with Crippen molar-refractivity contribution in [2.75, 3.05) is 13.1 Å². The van der Waals surface area contributed by atoms with Gasteiger partial charge in [-0.1, -0.05) is 31.0 Å². The Bertz CT molecular complexity index is 1240. The molecule has 31 heavy (non-hydrogen) atoms. The number of H-pyrrole nitrogens is 1. The van der Waals surface area contributed by atoms with Gasteiger partial charge in [0, 0.05) is 30.3 Å². The molecule has 0 radical (unpaired) electrons. The maximum Gasteiger partial charge on any atom is 0.274 e. The number of benzene rings is 2. The second-order valence-corrected chi connectivity index (χ2v) is 9.08. The zero-order valence-corrected chi connectivity index (χ0v) is 17.5. The molecule has 2 aromatic carbocycles. The lowest BCUT2D eigenvalue weighted by molar-refractivity contribution is 0.0707. The van der Waals surface area contributed by atoms with Crippen molar-refractivity contribution in [1.29, 1.82) is 0 Å².